The number of hydrogen-bond donors (Lipinski definition) is 2. The molecule has 2 aromatic heterocycles. The molecule has 1 unspecified atom stereocenters. The number of carbonyl (C=O) groups excluding carboxylic acids is 1. The van der Waals surface area contributed by atoms with Crippen LogP contribution in [-0.4, -0.2) is 39.7 Å². The van der Waals surface area contributed by atoms with Crippen LogP contribution >= 0.6 is 0 Å². The monoisotopic (exact) mass is 489 g/mol. The first-order chi connectivity index (χ1) is 17.5. The first kappa shape index (κ1) is 23.6. The molecule has 3 heterocycles. The van der Waals surface area contributed by atoms with Gasteiger partial charge in [0.15, 0.2) is 17.2 Å². The van der Waals surface area contributed by atoms with Crippen molar-refractivity contribution in [2.45, 2.75) is 38.3 Å². The molecule has 36 heavy (non-hydrogen) atoms. The van der Waals surface area contributed by atoms with Crippen molar-refractivity contribution in [3.05, 3.63) is 86.9 Å². The first-order valence-corrected chi connectivity index (χ1v) is 11.9. The predicted octanol–water partition coefficient (Wildman–Crippen LogP) is 2.45. The molecule has 1 aliphatic rings. The largest absolute Gasteiger partial charge is 0.441 e. The van der Waals surface area contributed by atoms with Crippen LogP contribution < -0.4 is 21.9 Å². The highest BCUT2D eigenvalue weighted by Gasteiger charge is 2.29. The maximum atomic E-state index is 13.5. The van der Waals surface area contributed by atoms with Gasteiger partial charge in [0.2, 0.25) is 5.91 Å². The number of nitrogens with one attached hydrogen (secondary N) is 1. The highest BCUT2D eigenvalue weighted by atomic mass is 16.5. The smallest absolute Gasteiger partial charge is 0.330 e. The number of nitrogens with zero attached hydrogens (tertiary/aromatic N) is 3. The van der Waals surface area contributed by atoms with E-state index in [0.717, 1.165) is 18.4 Å². The van der Waals surface area contributed by atoms with Crippen LogP contribution in [0.25, 0.3) is 11.1 Å². The number of oxazole rings is 1. The molecule has 2 aromatic carbocycles. The summed E-state index contributed by atoms with van der Waals surface area (Å²) in [7, 11) is 0. The Labute approximate surface area is 206 Å². The molecule has 4 aromatic rings. The van der Waals surface area contributed by atoms with Crippen LogP contribution in [0.15, 0.2) is 68.6 Å². The summed E-state index contributed by atoms with van der Waals surface area (Å²) in [6.45, 7) is 0.901. The van der Waals surface area contributed by atoms with Crippen LogP contribution in [0.2, 0.25) is 0 Å². The molecule has 0 spiro atoms. The third kappa shape index (κ3) is 4.94. The number of ether oxygens (including phenoxy) is 1. The number of aromatic nitrogens is 3. The molecule has 0 saturated carbocycles. The minimum atomic E-state index is -0.713. The molecule has 10 nitrogen and oxygen atoms in total. The van der Waals surface area contributed by atoms with Gasteiger partial charge in [0.05, 0.1) is 19.2 Å². The van der Waals surface area contributed by atoms with Crippen molar-refractivity contribution in [1.29, 1.82) is 0 Å². The van der Waals surface area contributed by atoms with Crippen molar-refractivity contribution >= 4 is 28.5 Å². The zero-order valence-electron chi connectivity index (χ0n) is 19.7. The third-order valence-corrected chi connectivity index (χ3v) is 6.27. The molecule has 5 rings (SSSR count). The molecule has 10 heteroatoms. The number of aromatic amines is 1. The number of fused-ring (bicyclic) bond motifs is 1. The van der Waals surface area contributed by atoms with E-state index in [1.54, 1.807) is 0 Å². The van der Waals surface area contributed by atoms with Gasteiger partial charge in [-0.05, 0) is 30.5 Å². The second-order valence-corrected chi connectivity index (χ2v) is 8.78. The molecule has 1 saturated heterocycles. The summed E-state index contributed by atoms with van der Waals surface area (Å²) >= 11 is 0. The Balaban J connectivity index is 1.45. The second kappa shape index (κ2) is 10.2. The van der Waals surface area contributed by atoms with E-state index in [2.05, 4.69) is 9.97 Å². The summed E-state index contributed by atoms with van der Waals surface area (Å²) in [6, 6.07) is 16.6. The Kier molecular flexibility index (Phi) is 6.68. The summed E-state index contributed by atoms with van der Waals surface area (Å²) in [5, 5.41) is 0. The van der Waals surface area contributed by atoms with Crippen LogP contribution in [0.4, 0.5) is 11.5 Å². The highest BCUT2D eigenvalue weighted by molar-refractivity contribution is 5.95. The number of amides is 1. The van der Waals surface area contributed by atoms with Crippen LogP contribution in [0.5, 0.6) is 0 Å². The Bertz CT molecular complexity index is 1450. The fraction of sp³-hybridized carbons (Fsp3) is 0.308. The van der Waals surface area contributed by atoms with Crippen molar-refractivity contribution in [1.82, 2.24) is 14.5 Å². The summed E-state index contributed by atoms with van der Waals surface area (Å²) in [6.07, 6.45) is 1.69. The molecule has 3 N–H and O–H groups in total. The van der Waals surface area contributed by atoms with Crippen LogP contribution in [0.3, 0.4) is 0 Å². The number of H-pyrrole nitrogens is 1. The van der Waals surface area contributed by atoms with E-state index in [1.165, 1.54) is 9.47 Å². The number of carbonyl (C=O) groups is 1. The Morgan fingerprint density at radius 1 is 1.14 bits per heavy atom. The Hall–Kier alpha value is -4.18. The van der Waals surface area contributed by atoms with E-state index < -0.39 is 11.2 Å². The van der Waals surface area contributed by atoms with E-state index in [1.807, 2.05) is 54.6 Å². The average Bonchev–Trinajstić information content (AvgIpc) is 3.54. The van der Waals surface area contributed by atoms with Crippen molar-refractivity contribution in [2.75, 3.05) is 23.8 Å². The van der Waals surface area contributed by atoms with Crippen molar-refractivity contribution in [2.24, 2.45) is 0 Å². The van der Waals surface area contributed by atoms with Gasteiger partial charge in [-0.25, -0.2) is 9.78 Å². The summed E-state index contributed by atoms with van der Waals surface area (Å²) in [5.41, 5.74) is 7.17. The van der Waals surface area contributed by atoms with E-state index in [9.17, 15) is 14.4 Å². The van der Waals surface area contributed by atoms with Crippen LogP contribution in [0, 0.1) is 0 Å². The van der Waals surface area contributed by atoms with Crippen LogP contribution in [-0.2, 0) is 22.5 Å². The lowest BCUT2D eigenvalue weighted by atomic mass is 10.2. The number of benzene rings is 2. The van der Waals surface area contributed by atoms with Gasteiger partial charge in [-0.2, -0.15) is 0 Å². The highest BCUT2D eigenvalue weighted by Crippen LogP contribution is 2.23. The van der Waals surface area contributed by atoms with Crippen molar-refractivity contribution < 1.29 is 13.9 Å². The number of nitrogens with two attached hydrogens (primary N) is 1. The SMILES string of the molecule is Nc1c(N(CC2CCCO2)C(=O)CCc2nc3ccccc3o2)c(=O)[nH]c(=O)n1Cc1ccccc1. The quantitative estimate of drug-likeness (QED) is 0.388. The lowest BCUT2D eigenvalue weighted by Gasteiger charge is -2.26. The first-order valence-electron chi connectivity index (χ1n) is 11.9. The lowest BCUT2D eigenvalue weighted by Crippen LogP contribution is -2.44. The number of hydrogen-bond acceptors (Lipinski definition) is 7. The minimum absolute atomic E-state index is 0.0379. The number of para-hydroxylation sites is 2. The number of anilines is 2. The summed E-state index contributed by atoms with van der Waals surface area (Å²) in [4.78, 5) is 47.2. The van der Waals surface area contributed by atoms with Gasteiger partial charge < -0.3 is 19.8 Å². The zero-order chi connectivity index (χ0) is 25.1. The fourth-order valence-corrected chi connectivity index (χ4v) is 4.45. The maximum absolute atomic E-state index is 13.5. The molecule has 1 fully saturated rings. The standard InChI is InChI=1S/C26H27N5O5/c27-24-23(25(33)29-26(34)31(24)15-17-7-2-1-3-8-17)30(16-18-9-6-14-35-18)22(32)13-12-21-28-19-10-4-5-11-20(19)36-21/h1-5,7-8,10-11,18H,6,9,12-16,27H2,(H,29,33,34). The van der Waals surface area contributed by atoms with Gasteiger partial charge >= 0.3 is 5.69 Å². The molecule has 1 amide bonds. The fourth-order valence-electron chi connectivity index (χ4n) is 4.45. The molecule has 1 atom stereocenters. The Morgan fingerprint density at radius 2 is 1.92 bits per heavy atom. The topological polar surface area (TPSA) is 136 Å². The van der Waals surface area contributed by atoms with Crippen molar-refractivity contribution in [3.63, 3.8) is 0 Å². The van der Waals surface area contributed by atoms with Gasteiger partial charge in [0, 0.05) is 19.4 Å². The summed E-state index contributed by atoms with van der Waals surface area (Å²) < 4.78 is 12.7. The van der Waals surface area contributed by atoms with Gasteiger partial charge in [-0.3, -0.25) is 19.1 Å². The van der Waals surface area contributed by atoms with Crippen molar-refractivity contribution in [3.8, 4) is 0 Å². The molecular weight excluding hydrogens is 462 g/mol. The van der Waals surface area contributed by atoms with Gasteiger partial charge in [-0.1, -0.05) is 42.5 Å². The number of aryl methyl sites for hydroxylation is 1. The van der Waals surface area contributed by atoms with Gasteiger partial charge in [-0.15, -0.1) is 0 Å². The molecule has 0 bridgehead atoms. The Morgan fingerprint density at radius 3 is 2.67 bits per heavy atom. The van der Waals surface area contributed by atoms with E-state index in [-0.39, 0.29) is 49.4 Å². The average molecular weight is 490 g/mol. The number of rotatable bonds is 8. The maximum Gasteiger partial charge on any atom is 0.330 e. The van der Waals surface area contributed by atoms with Gasteiger partial charge in [0.25, 0.3) is 5.56 Å². The van der Waals surface area contributed by atoms with Gasteiger partial charge in [0.1, 0.15) is 11.3 Å². The molecule has 0 radical (unpaired) electrons. The number of nitrogen functional groups attached to an aromatic ring is 1. The van der Waals surface area contributed by atoms with E-state index in [4.69, 9.17) is 14.9 Å². The molecule has 1 aliphatic heterocycles. The second-order valence-electron chi connectivity index (χ2n) is 8.78. The van der Waals surface area contributed by atoms with E-state index >= 15 is 0 Å². The van der Waals surface area contributed by atoms with Crippen LogP contribution in [0.1, 0.15) is 30.7 Å². The predicted molar refractivity (Wildman–Crippen MR) is 135 cm³/mol. The molecule has 0 aliphatic carbocycles. The summed E-state index contributed by atoms with van der Waals surface area (Å²) in [5.74, 6) is 0.0215. The normalized spacial score (nSPS) is 15.4. The molecule has 186 valence electrons. The zero-order valence-corrected chi connectivity index (χ0v) is 19.7. The molecular formula is C26H27N5O5. The third-order valence-electron chi connectivity index (χ3n) is 6.27. The lowest BCUT2D eigenvalue weighted by molar-refractivity contribution is -0.119. The minimum Gasteiger partial charge on any atom is -0.441 e. The van der Waals surface area contributed by atoms with E-state index in [0.29, 0.717) is 23.6 Å².